The van der Waals surface area contributed by atoms with Gasteiger partial charge in [-0.2, -0.15) is 45.3 Å². The SMILES string of the molecule is Cc1nn(-c2ccccc2)c2c1[C@H](c1ccc(F)cc1)[C@H](CC(=O)c1cccc(C(F)(F)F)c1)C(=O)N2CCO[Si](C)(C)C(C)(C)C.S.S. The third-order valence-electron chi connectivity index (χ3n) is 9.36. The largest absolute Gasteiger partial charge is 0.416 e. The molecule has 0 saturated carbocycles. The maximum atomic E-state index is 14.7. The number of rotatable bonds is 9. The van der Waals surface area contributed by atoms with Crippen LogP contribution in [-0.2, 0) is 15.4 Å². The zero-order valence-corrected chi connectivity index (χ0v) is 31.4. The van der Waals surface area contributed by atoms with E-state index in [2.05, 4.69) is 33.9 Å². The van der Waals surface area contributed by atoms with Gasteiger partial charge in [0.15, 0.2) is 14.1 Å². The molecule has 2 heterocycles. The van der Waals surface area contributed by atoms with E-state index in [4.69, 9.17) is 9.52 Å². The second kappa shape index (κ2) is 15.2. The van der Waals surface area contributed by atoms with Gasteiger partial charge in [0.25, 0.3) is 0 Å². The summed E-state index contributed by atoms with van der Waals surface area (Å²) in [6.07, 6.45) is -5.00. The molecule has 0 radical (unpaired) electrons. The number of aromatic nitrogens is 2. The highest BCUT2D eigenvalue weighted by Crippen LogP contribution is 2.47. The molecular formula is C36H43F4N3O3S2Si. The number of alkyl halides is 3. The van der Waals surface area contributed by atoms with E-state index in [1.165, 1.54) is 24.3 Å². The number of halogens is 4. The van der Waals surface area contributed by atoms with Gasteiger partial charge in [0.2, 0.25) is 5.91 Å². The minimum absolute atomic E-state index is 0. The fraction of sp³-hybridized carbons (Fsp3) is 0.361. The van der Waals surface area contributed by atoms with Crippen LogP contribution in [0.25, 0.3) is 5.69 Å². The smallest absolute Gasteiger partial charge is 0.415 e. The van der Waals surface area contributed by atoms with Crippen molar-refractivity contribution in [2.45, 2.75) is 64.3 Å². The number of aryl methyl sites for hydroxylation is 1. The predicted molar refractivity (Wildman–Crippen MR) is 197 cm³/mol. The lowest BCUT2D eigenvalue weighted by atomic mass is 9.74. The van der Waals surface area contributed by atoms with Gasteiger partial charge in [0, 0.05) is 30.0 Å². The summed E-state index contributed by atoms with van der Waals surface area (Å²) in [5, 5.41) is 4.78. The Morgan fingerprint density at radius 1 is 0.939 bits per heavy atom. The van der Waals surface area contributed by atoms with E-state index in [0.717, 1.165) is 17.8 Å². The Bertz CT molecular complexity index is 1780. The fourth-order valence-corrected chi connectivity index (χ4v) is 6.87. The van der Waals surface area contributed by atoms with Gasteiger partial charge in [-0.3, -0.25) is 14.5 Å². The molecule has 4 aromatic rings. The summed E-state index contributed by atoms with van der Waals surface area (Å²) in [4.78, 5) is 30.0. The summed E-state index contributed by atoms with van der Waals surface area (Å²) < 4.78 is 62.9. The molecule has 5 rings (SSSR count). The molecule has 0 N–H and O–H groups in total. The lowest BCUT2D eigenvalue weighted by Crippen LogP contribution is -2.48. The Morgan fingerprint density at radius 2 is 1.57 bits per heavy atom. The van der Waals surface area contributed by atoms with Crippen LogP contribution < -0.4 is 4.90 Å². The molecule has 1 amide bonds. The highest BCUT2D eigenvalue weighted by atomic mass is 32.1. The van der Waals surface area contributed by atoms with Gasteiger partial charge in [0.1, 0.15) is 11.6 Å². The van der Waals surface area contributed by atoms with Gasteiger partial charge < -0.3 is 4.43 Å². The van der Waals surface area contributed by atoms with Crippen LogP contribution in [0, 0.1) is 18.7 Å². The Morgan fingerprint density at radius 3 is 2.16 bits per heavy atom. The van der Waals surface area contributed by atoms with Crippen molar-refractivity contribution in [3.8, 4) is 5.69 Å². The van der Waals surface area contributed by atoms with Gasteiger partial charge in [-0.05, 0) is 67.0 Å². The summed E-state index contributed by atoms with van der Waals surface area (Å²) in [6, 6.07) is 19.3. The second-order valence-corrected chi connectivity index (χ2v) is 18.3. The molecule has 6 nitrogen and oxygen atoms in total. The minimum atomic E-state index is -4.63. The second-order valence-electron chi connectivity index (χ2n) is 13.5. The number of anilines is 1. The Balaban J connectivity index is 0.00000325. The standard InChI is InChI=1S/C36H39F4N3O3Si.2H2S/c1-23-31-32(24-15-17-27(37)18-16-24)29(22-30(44)25-11-10-12-26(21-25)36(38,39)40)34(45)42(19-20-46-47(5,6)35(2,3)4)33(31)43(41-23)28-13-8-7-9-14-28;;/h7-18,21,29,32H,19-20,22H2,1-6H3;2*1H2/t29-,32+;;/m0../s1. The van der Waals surface area contributed by atoms with Crippen molar-refractivity contribution >= 4 is 52.8 Å². The van der Waals surface area contributed by atoms with Crippen LogP contribution in [0.1, 0.15) is 65.9 Å². The zero-order valence-electron chi connectivity index (χ0n) is 28.4. The number of para-hydroxylation sites is 1. The van der Waals surface area contributed by atoms with Crippen molar-refractivity contribution in [3.05, 3.63) is 113 Å². The number of nitrogens with zero attached hydrogens (tertiary/aromatic N) is 3. The molecule has 1 aliphatic heterocycles. The quantitative estimate of drug-likeness (QED) is 0.0980. The molecule has 264 valence electrons. The molecular weight excluding hydrogens is 691 g/mol. The van der Waals surface area contributed by atoms with E-state index < -0.39 is 43.5 Å². The molecule has 49 heavy (non-hydrogen) atoms. The first-order chi connectivity index (χ1) is 22.0. The average molecular weight is 734 g/mol. The molecule has 1 aliphatic rings. The van der Waals surface area contributed by atoms with Crippen LogP contribution in [0.15, 0.2) is 78.9 Å². The van der Waals surface area contributed by atoms with Crippen LogP contribution in [0.2, 0.25) is 18.1 Å². The summed E-state index contributed by atoms with van der Waals surface area (Å²) in [5.41, 5.74) is 1.53. The molecule has 0 bridgehead atoms. The van der Waals surface area contributed by atoms with E-state index in [1.807, 2.05) is 37.3 Å². The molecule has 1 aromatic heterocycles. The van der Waals surface area contributed by atoms with Crippen molar-refractivity contribution in [2.24, 2.45) is 5.92 Å². The third-order valence-corrected chi connectivity index (χ3v) is 13.9. The molecule has 2 atom stereocenters. The van der Waals surface area contributed by atoms with Crippen molar-refractivity contribution in [1.29, 1.82) is 0 Å². The van der Waals surface area contributed by atoms with E-state index in [9.17, 15) is 27.2 Å². The van der Waals surface area contributed by atoms with Crippen LogP contribution in [0.5, 0.6) is 0 Å². The molecule has 0 saturated heterocycles. The molecule has 0 spiro atoms. The van der Waals surface area contributed by atoms with E-state index in [-0.39, 0.29) is 63.1 Å². The Kier molecular flexibility index (Phi) is 12.5. The molecule has 0 fully saturated rings. The van der Waals surface area contributed by atoms with Gasteiger partial charge in [-0.25, -0.2) is 9.07 Å². The number of carbonyl (C=O) groups is 2. The van der Waals surface area contributed by atoms with Crippen molar-refractivity contribution in [3.63, 3.8) is 0 Å². The number of Topliss-reactive ketones (excluding diaryl/α,β-unsaturated/α-hetero) is 1. The van der Waals surface area contributed by atoms with Gasteiger partial charge >= 0.3 is 6.18 Å². The summed E-state index contributed by atoms with van der Waals surface area (Å²) >= 11 is 0. The maximum Gasteiger partial charge on any atom is 0.416 e. The highest BCUT2D eigenvalue weighted by Gasteiger charge is 2.46. The predicted octanol–water partition coefficient (Wildman–Crippen LogP) is 8.95. The number of fused-ring (bicyclic) bond motifs is 1. The maximum absolute atomic E-state index is 14.7. The molecule has 0 aliphatic carbocycles. The first-order valence-electron chi connectivity index (χ1n) is 15.6. The number of amides is 1. The number of hydrogen-bond acceptors (Lipinski definition) is 4. The van der Waals surface area contributed by atoms with Gasteiger partial charge in [0.05, 0.1) is 29.5 Å². The number of carbonyl (C=O) groups excluding carboxylic acids is 2. The van der Waals surface area contributed by atoms with Crippen LogP contribution in [0.3, 0.4) is 0 Å². The summed E-state index contributed by atoms with van der Waals surface area (Å²) in [6.45, 7) is 12.8. The number of hydrogen-bond donors (Lipinski definition) is 0. The zero-order chi connectivity index (χ0) is 34.3. The third kappa shape index (κ3) is 8.33. The molecule has 0 unspecified atom stereocenters. The molecule has 3 aromatic carbocycles. The summed E-state index contributed by atoms with van der Waals surface area (Å²) in [7, 11) is -2.20. The lowest BCUT2D eigenvalue weighted by molar-refractivity contribution is -0.137. The summed E-state index contributed by atoms with van der Waals surface area (Å²) in [5.74, 6) is -2.65. The molecule has 13 heteroatoms. The van der Waals surface area contributed by atoms with E-state index >= 15 is 0 Å². The first kappa shape index (κ1) is 40.0. The van der Waals surface area contributed by atoms with Gasteiger partial charge in [-0.1, -0.05) is 63.2 Å². The van der Waals surface area contributed by atoms with Crippen molar-refractivity contribution in [1.82, 2.24) is 9.78 Å². The van der Waals surface area contributed by atoms with E-state index in [1.54, 1.807) is 21.7 Å². The monoisotopic (exact) mass is 733 g/mol. The highest BCUT2D eigenvalue weighted by molar-refractivity contribution is 7.59. The van der Waals surface area contributed by atoms with Crippen molar-refractivity contribution in [2.75, 3.05) is 18.1 Å². The minimum Gasteiger partial charge on any atom is -0.415 e. The normalized spacial score (nSPS) is 16.4. The number of ketones is 1. The Labute approximate surface area is 299 Å². The fourth-order valence-electron chi connectivity index (χ4n) is 5.83. The number of benzene rings is 3. The topological polar surface area (TPSA) is 64.4 Å². The van der Waals surface area contributed by atoms with Crippen LogP contribution in [0.4, 0.5) is 23.4 Å². The van der Waals surface area contributed by atoms with Crippen molar-refractivity contribution < 1.29 is 31.6 Å². The van der Waals surface area contributed by atoms with Crippen LogP contribution in [-0.4, -0.2) is 42.9 Å². The lowest BCUT2D eigenvalue weighted by Gasteiger charge is -2.40. The van der Waals surface area contributed by atoms with Crippen LogP contribution >= 0.6 is 27.0 Å². The van der Waals surface area contributed by atoms with Gasteiger partial charge in [-0.15, -0.1) is 0 Å². The Hall–Kier alpha value is -3.39. The van der Waals surface area contributed by atoms with E-state index in [0.29, 0.717) is 22.6 Å². The first-order valence-corrected chi connectivity index (χ1v) is 18.5. The average Bonchev–Trinajstić information content (AvgIpc) is 3.35.